The Morgan fingerprint density at radius 3 is 2.54 bits per heavy atom. The third-order valence-corrected chi connectivity index (χ3v) is 6.65. The molecule has 2 fully saturated rings. The van der Waals surface area contributed by atoms with Gasteiger partial charge in [0.15, 0.2) is 9.84 Å². The number of likely N-dealkylation sites (N-methyl/N-ethyl adjacent to an activating group) is 1. The summed E-state index contributed by atoms with van der Waals surface area (Å²) in [5.41, 5.74) is 0.924. The predicted molar refractivity (Wildman–Crippen MR) is 96.6 cm³/mol. The van der Waals surface area contributed by atoms with Crippen LogP contribution in [0.4, 0.5) is 11.8 Å². The summed E-state index contributed by atoms with van der Waals surface area (Å²) in [7, 11) is -0.782. The minimum Gasteiger partial charge on any atom is -0.353 e. The number of aryl methyl sites for hydroxylation is 1. The molecule has 3 heterocycles. The van der Waals surface area contributed by atoms with E-state index in [-0.39, 0.29) is 17.5 Å². The van der Waals surface area contributed by atoms with Crippen molar-refractivity contribution in [3.8, 4) is 0 Å². The van der Waals surface area contributed by atoms with Crippen LogP contribution in [0.25, 0.3) is 0 Å². The smallest absolute Gasteiger partial charge is 0.227 e. The molecule has 24 heavy (non-hydrogen) atoms. The zero-order valence-corrected chi connectivity index (χ0v) is 15.6. The number of nitrogens with zero attached hydrogens (tertiary/aromatic N) is 5. The molecule has 0 bridgehead atoms. The Labute approximate surface area is 144 Å². The first kappa shape index (κ1) is 17.4. The van der Waals surface area contributed by atoms with Gasteiger partial charge in [0, 0.05) is 50.5 Å². The van der Waals surface area contributed by atoms with Crippen LogP contribution in [0.5, 0.6) is 0 Å². The number of aromatic nitrogens is 2. The first-order valence-electron chi connectivity index (χ1n) is 8.64. The van der Waals surface area contributed by atoms with Gasteiger partial charge in [-0.15, -0.1) is 0 Å². The molecule has 0 aliphatic carbocycles. The molecule has 2 aliphatic heterocycles. The van der Waals surface area contributed by atoms with E-state index in [2.05, 4.69) is 33.7 Å². The zero-order valence-electron chi connectivity index (χ0n) is 14.8. The topological polar surface area (TPSA) is 69.6 Å². The Balaban J connectivity index is 1.84. The zero-order chi connectivity index (χ0) is 17.3. The quantitative estimate of drug-likeness (QED) is 0.783. The summed E-state index contributed by atoms with van der Waals surface area (Å²) in [5.74, 6) is 2.12. The van der Waals surface area contributed by atoms with E-state index in [1.165, 1.54) is 0 Å². The van der Waals surface area contributed by atoms with Crippen LogP contribution in [-0.2, 0) is 9.84 Å². The second-order valence-corrected chi connectivity index (χ2v) is 9.03. The molecule has 0 spiro atoms. The highest BCUT2D eigenvalue weighted by Crippen LogP contribution is 2.25. The van der Waals surface area contributed by atoms with Gasteiger partial charge < -0.3 is 14.7 Å². The summed E-state index contributed by atoms with van der Waals surface area (Å²) >= 11 is 0. The molecule has 7 nitrogen and oxygen atoms in total. The van der Waals surface area contributed by atoms with Gasteiger partial charge in [0.1, 0.15) is 5.82 Å². The summed E-state index contributed by atoms with van der Waals surface area (Å²) in [5, 5.41) is 0. The van der Waals surface area contributed by atoms with Crippen LogP contribution in [-0.4, -0.2) is 80.6 Å². The molecule has 1 unspecified atom stereocenters. The minimum absolute atomic E-state index is 0.0228. The van der Waals surface area contributed by atoms with Gasteiger partial charge >= 0.3 is 0 Å². The van der Waals surface area contributed by atoms with Crippen molar-refractivity contribution in [2.24, 2.45) is 0 Å². The molecule has 3 rings (SSSR count). The summed E-state index contributed by atoms with van der Waals surface area (Å²) in [6.45, 7) is 8.63. The van der Waals surface area contributed by atoms with Crippen LogP contribution in [0.15, 0.2) is 6.07 Å². The maximum absolute atomic E-state index is 11.8. The molecular formula is C16H27N5O2S. The molecule has 8 heteroatoms. The van der Waals surface area contributed by atoms with Crippen LogP contribution in [0.1, 0.15) is 19.0 Å². The molecule has 2 aliphatic rings. The van der Waals surface area contributed by atoms with Gasteiger partial charge in [0.2, 0.25) is 5.95 Å². The Bertz CT molecular complexity index is 686. The normalized spacial score (nSPS) is 24.3. The van der Waals surface area contributed by atoms with Crippen LogP contribution < -0.4 is 9.80 Å². The van der Waals surface area contributed by atoms with Crippen molar-refractivity contribution in [2.75, 3.05) is 61.1 Å². The Kier molecular flexibility index (Phi) is 4.96. The lowest BCUT2D eigenvalue weighted by Gasteiger charge is -2.34. The second kappa shape index (κ2) is 6.84. The molecule has 1 aromatic heterocycles. The highest BCUT2D eigenvalue weighted by molar-refractivity contribution is 7.91. The number of hydrogen-bond acceptors (Lipinski definition) is 7. The monoisotopic (exact) mass is 353 g/mol. The molecule has 0 N–H and O–H groups in total. The molecule has 0 radical (unpaired) electrons. The van der Waals surface area contributed by atoms with Crippen molar-refractivity contribution < 1.29 is 8.42 Å². The van der Waals surface area contributed by atoms with E-state index in [1.807, 2.05) is 13.0 Å². The van der Waals surface area contributed by atoms with Crippen molar-refractivity contribution in [1.82, 2.24) is 14.9 Å². The highest BCUT2D eigenvalue weighted by atomic mass is 32.2. The maximum Gasteiger partial charge on any atom is 0.227 e. The van der Waals surface area contributed by atoms with E-state index in [4.69, 9.17) is 4.98 Å². The van der Waals surface area contributed by atoms with Crippen LogP contribution in [0.2, 0.25) is 0 Å². The summed E-state index contributed by atoms with van der Waals surface area (Å²) in [4.78, 5) is 16.0. The minimum atomic E-state index is -2.91. The summed E-state index contributed by atoms with van der Waals surface area (Å²) in [6.07, 6.45) is 0.684. The predicted octanol–water partition coefficient (Wildman–Crippen LogP) is 0.550. The van der Waals surface area contributed by atoms with Crippen molar-refractivity contribution in [3.05, 3.63) is 11.8 Å². The first-order valence-corrected chi connectivity index (χ1v) is 10.5. The van der Waals surface area contributed by atoms with E-state index >= 15 is 0 Å². The lowest BCUT2D eigenvalue weighted by molar-refractivity contribution is 0.311. The van der Waals surface area contributed by atoms with Gasteiger partial charge in [-0.25, -0.2) is 13.4 Å². The Hall–Kier alpha value is -1.41. The Morgan fingerprint density at radius 1 is 1.25 bits per heavy atom. The average Bonchev–Trinajstić information content (AvgIpc) is 2.88. The van der Waals surface area contributed by atoms with Gasteiger partial charge in [0.25, 0.3) is 0 Å². The molecule has 1 atom stereocenters. The van der Waals surface area contributed by atoms with Gasteiger partial charge in [-0.2, -0.15) is 4.98 Å². The van der Waals surface area contributed by atoms with Crippen molar-refractivity contribution in [2.45, 2.75) is 26.3 Å². The molecular weight excluding hydrogens is 326 g/mol. The van der Waals surface area contributed by atoms with Crippen molar-refractivity contribution in [1.29, 1.82) is 0 Å². The number of sulfone groups is 1. The third kappa shape index (κ3) is 3.80. The Morgan fingerprint density at radius 2 is 1.96 bits per heavy atom. The van der Waals surface area contributed by atoms with Gasteiger partial charge in [0.05, 0.1) is 11.5 Å². The molecule has 1 aromatic rings. The fourth-order valence-corrected chi connectivity index (χ4v) is 5.19. The maximum atomic E-state index is 11.8. The number of hydrogen-bond donors (Lipinski definition) is 0. The van der Waals surface area contributed by atoms with E-state index in [9.17, 15) is 8.42 Å². The van der Waals surface area contributed by atoms with Gasteiger partial charge in [-0.3, -0.25) is 0 Å². The van der Waals surface area contributed by atoms with Crippen molar-refractivity contribution in [3.63, 3.8) is 0 Å². The van der Waals surface area contributed by atoms with Gasteiger partial charge in [-0.05, 0) is 27.3 Å². The first-order chi connectivity index (χ1) is 11.4. The van der Waals surface area contributed by atoms with E-state index in [1.54, 1.807) is 0 Å². The SMILES string of the molecule is CCN(c1cc(C)nc(N2CCN(C)CC2)n1)C1CCS(=O)(=O)C1. The van der Waals surface area contributed by atoms with Crippen LogP contribution in [0, 0.1) is 6.92 Å². The standard InChI is InChI=1S/C16H27N5O2S/c1-4-21(14-5-10-24(22,23)12-14)15-11-13(2)17-16(18-15)20-8-6-19(3)7-9-20/h11,14H,4-10,12H2,1-3H3. The van der Waals surface area contributed by atoms with Crippen molar-refractivity contribution >= 4 is 21.6 Å². The largest absolute Gasteiger partial charge is 0.353 e. The fourth-order valence-electron chi connectivity index (χ4n) is 3.46. The molecule has 134 valence electrons. The summed E-state index contributed by atoms with van der Waals surface area (Å²) < 4.78 is 23.7. The van der Waals surface area contributed by atoms with E-state index in [0.717, 1.165) is 50.2 Å². The summed E-state index contributed by atoms with van der Waals surface area (Å²) in [6, 6.07) is 1.99. The van der Waals surface area contributed by atoms with Gasteiger partial charge in [-0.1, -0.05) is 0 Å². The lowest BCUT2D eigenvalue weighted by atomic mass is 10.2. The number of piperazine rings is 1. The molecule has 0 amide bonds. The second-order valence-electron chi connectivity index (χ2n) is 6.80. The molecule has 2 saturated heterocycles. The lowest BCUT2D eigenvalue weighted by Crippen LogP contribution is -2.45. The highest BCUT2D eigenvalue weighted by Gasteiger charge is 2.32. The number of rotatable bonds is 4. The van der Waals surface area contributed by atoms with Crippen LogP contribution >= 0.6 is 0 Å². The number of anilines is 2. The third-order valence-electron chi connectivity index (χ3n) is 4.90. The van der Waals surface area contributed by atoms with E-state index in [0.29, 0.717) is 6.42 Å². The molecule has 0 saturated carbocycles. The fraction of sp³-hybridized carbons (Fsp3) is 0.750. The molecule has 0 aromatic carbocycles. The van der Waals surface area contributed by atoms with Crippen LogP contribution in [0.3, 0.4) is 0 Å². The average molecular weight is 353 g/mol. The van der Waals surface area contributed by atoms with E-state index < -0.39 is 9.84 Å².